The van der Waals surface area contributed by atoms with Crippen molar-refractivity contribution in [3.05, 3.63) is 0 Å². The molecule has 0 spiro atoms. The van der Waals surface area contributed by atoms with Crippen LogP contribution in [0.5, 0.6) is 0 Å². The van der Waals surface area contributed by atoms with Gasteiger partial charge in [-0.2, -0.15) is 0 Å². The maximum absolute atomic E-state index is 6.27. The van der Waals surface area contributed by atoms with Gasteiger partial charge < -0.3 is 18.9 Å². The Labute approximate surface area is 160 Å². The summed E-state index contributed by atoms with van der Waals surface area (Å²) in [6, 6.07) is 0. The second kappa shape index (κ2) is 8.06. The molecular formula is C22H40O4. The first kappa shape index (κ1) is 20.6. The molecule has 3 rings (SSSR count). The molecular weight excluding hydrogens is 328 g/mol. The zero-order chi connectivity index (χ0) is 18.9. The minimum atomic E-state index is 0.159. The van der Waals surface area contributed by atoms with Gasteiger partial charge in [0.05, 0.1) is 25.4 Å². The lowest BCUT2D eigenvalue weighted by atomic mass is 9.81. The molecule has 0 aliphatic heterocycles. The second-order valence-corrected chi connectivity index (χ2v) is 11.2. The highest BCUT2D eigenvalue weighted by molar-refractivity contribution is 5.06. The Hall–Kier alpha value is -0.160. The zero-order valence-corrected chi connectivity index (χ0v) is 17.8. The summed E-state index contributed by atoms with van der Waals surface area (Å²) in [6.45, 7) is 15.3. The van der Waals surface area contributed by atoms with Gasteiger partial charge in [-0.05, 0) is 60.2 Å². The van der Waals surface area contributed by atoms with Crippen molar-refractivity contribution in [3.8, 4) is 0 Å². The Morgan fingerprint density at radius 1 is 0.731 bits per heavy atom. The molecule has 152 valence electrons. The van der Waals surface area contributed by atoms with Gasteiger partial charge in [0, 0.05) is 0 Å². The average Bonchev–Trinajstić information content (AvgIpc) is 3.18. The zero-order valence-electron chi connectivity index (χ0n) is 17.8. The number of hydrogen-bond acceptors (Lipinski definition) is 4. The quantitative estimate of drug-likeness (QED) is 0.453. The summed E-state index contributed by atoms with van der Waals surface area (Å²) in [5, 5.41) is 0. The van der Waals surface area contributed by atoms with Crippen LogP contribution in [0.2, 0.25) is 0 Å². The van der Waals surface area contributed by atoms with E-state index in [4.69, 9.17) is 18.9 Å². The fourth-order valence-electron chi connectivity index (χ4n) is 5.31. The highest BCUT2D eigenvalue weighted by Gasteiger charge is 2.57. The number of ether oxygens (including phenoxy) is 4. The van der Waals surface area contributed by atoms with Gasteiger partial charge in [0.15, 0.2) is 0 Å². The average molecular weight is 369 g/mol. The van der Waals surface area contributed by atoms with Crippen LogP contribution in [-0.4, -0.2) is 39.0 Å². The third-order valence-electron chi connectivity index (χ3n) is 6.19. The van der Waals surface area contributed by atoms with Crippen LogP contribution in [0, 0.1) is 34.5 Å². The molecule has 3 aliphatic carbocycles. The first-order valence-electron chi connectivity index (χ1n) is 10.5. The minimum absolute atomic E-state index is 0.159. The molecule has 3 saturated carbocycles. The maximum atomic E-state index is 6.27. The molecule has 0 heterocycles. The van der Waals surface area contributed by atoms with Crippen molar-refractivity contribution in [2.24, 2.45) is 34.5 Å². The Morgan fingerprint density at radius 3 is 1.92 bits per heavy atom. The molecule has 6 atom stereocenters. The van der Waals surface area contributed by atoms with Gasteiger partial charge in [-0.3, -0.25) is 0 Å². The first-order valence-corrected chi connectivity index (χ1v) is 10.5. The normalized spacial score (nSPS) is 36.7. The summed E-state index contributed by atoms with van der Waals surface area (Å²) in [5.74, 6) is 3.19. The van der Waals surface area contributed by atoms with E-state index in [1.165, 1.54) is 19.3 Å². The standard InChI is InChI=1S/C22H40O4/c1-21(2,3)11-23-13-25-18-10-17-15-7-8-16(9-15)19(17)20(18)26-14-24-12-22(4,5)6/h15-20H,7-14H2,1-6H3. The molecule has 26 heavy (non-hydrogen) atoms. The first-order chi connectivity index (χ1) is 12.1. The fourth-order valence-corrected chi connectivity index (χ4v) is 5.31. The molecule has 0 radical (unpaired) electrons. The van der Waals surface area contributed by atoms with E-state index in [1.807, 2.05) is 0 Å². The SMILES string of the molecule is CC(C)(C)COCOC1CC2C3CCC(C3)C2C1OCOCC(C)(C)C. The predicted octanol–water partition coefficient (Wildman–Crippen LogP) is 4.86. The number of rotatable bonds is 8. The Morgan fingerprint density at radius 2 is 1.31 bits per heavy atom. The summed E-state index contributed by atoms with van der Waals surface area (Å²) in [5.41, 5.74) is 0.343. The predicted molar refractivity (Wildman–Crippen MR) is 103 cm³/mol. The van der Waals surface area contributed by atoms with Crippen LogP contribution < -0.4 is 0 Å². The summed E-state index contributed by atoms with van der Waals surface area (Å²) in [6.07, 6.45) is 5.66. The Balaban J connectivity index is 1.51. The molecule has 3 fully saturated rings. The summed E-state index contributed by atoms with van der Waals surface area (Å²) >= 11 is 0. The third-order valence-corrected chi connectivity index (χ3v) is 6.19. The van der Waals surface area contributed by atoms with E-state index < -0.39 is 0 Å². The number of hydrogen-bond donors (Lipinski definition) is 0. The van der Waals surface area contributed by atoms with E-state index in [1.54, 1.807) is 0 Å². The smallest absolute Gasteiger partial charge is 0.147 e. The van der Waals surface area contributed by atoms with Gasteiger partial charge in [0.25, 0.3) is 0 Å². The summed E-state index contributed by atoms with van der Waals surface area (Å²) in [7, 11) is 0. The highest BCUT2D eigenvalue weighted by Crippen LogP contribution is 2.59. The molecule has 3 aliphatic rings. The van der Waals surface area contributed by atoms with Gasteiger partial charge in [0.1, 0.15) is 13.6 Å². The largest absolute Gasteiger partial charge is 0.355 e. The molecule has 0 aromatic rings. The topological polar surface area (TPSA) is 36.9 Å². The van der Waals surface area contributed by atoms with E-state index in [0.29, 0.717) is 19.5 Å². The van der Waals surface area contributed by atoms with Crippen molar-refractivity contribution in [2.75, 3.05) is 26.8 Å². The van der Waals surface area contributed by atoms with E-state index in [0.717, 1.165) is 37.4 Å². The van der Waals surface area contributed by atoms with E-state index in [2.05, 4.69) is 41.5 Å². The van der Waals surface area contributed by atoms with Crippen LogP contribution in [0.1, 0.15) is 67.2 Å². The molecule has 6 unspecified atom stereocenters. The van der Waals surface area contributed by atoms with E-state index >= 15 is 0 Å². The molecule has 4 nitrogen and oxygen atoms in total. The number of fused-ring (bicyclic) bond motifs is 5. The van der Waals surface area contributed by atoms with Gasteiger partial charge in [0.2, 0.25) is 0 Å². The molecule has 2 bridgehead atoms. The van der Waals surface area contributed by atoms with Crippen LogP contribution in [0.3, 0.4) is 0 Å². The molecule has 0 aromatic heterocycles. The lowest BCUT2D eigenvalue weighted by Gasteiger charge is -2.30. The van der Waals surface area contributed by atoms with E-state index in [-0.39, 0.29) is 23.0 Å². The Bertz CT molecular complexity index is 450. The van der Waals surface area contributed by atoms with Gasteiger partial charge in [-0.15, -0.1) is 0 Å². The van der Waals surface area contributed by atoms with Crippen molar-refractivity contribution in [3.63, 3.8) is 0 Å². The van der Waals surface area contributed by atoms with E-state index in [9.17, 15) is 0 Å². The monoisotopic (exact) mass is 368 g/mol. The van der Waals surface area contributed by atoms with Crippen LogP contribution in [0.4, 0.5) is 0 Å². The van der Waals surface area contributed by atoms with Crippen molar-refractivity contribution in [1.82, 2.24) is 0 Å². The maximum Gasteiger partial charge on any atom is 0.147 e. The summed E-state index contributed by atoms with van der Waals surface area (Å²) in [4.78, 5) is 0. The molecule has 0 aromatic carbocycles. The lowest BCUT2D eigenvalue weighted by molar-refractivity contribution is -0.177. The van der Waals surface area contributed by atoms with Crippen LogP contribution in [0.25, 0.3) is 0 Å². The van der Waals surface area contributed by atoms with Crippen LogP contribution in [0.15, 0.2) is 0 Å². The fraction of sp³-hybridized carbons (Fsp3) is 1.00. The van der Waals surface area contributed by atoms with Crippen molar-refractivity contribution < 1.29 is 18.9 Å². The molecule has 4 heteroatoms. The second-order valence-electron chi connectivity index (χ2n) is 11.2. The molecule has 0 N–H and O–H groups in total. The Kier molecular flexibility index (Phi) is 6.38. The molecule has 0 saturated heterocycles. The highest BCUT2D eigenvalue weighted by atomic mass is 16.7. The van der Waals surface area contributed by atoms with Crippen molar-refractivity contribution in [2.45, 2.75) is 79.4 Å². The van der Waals surface area contributed by atoms with Crippen molar-refractivity contribution in [1.29, 1.82) is 0 Å². The molecule has 0 amide bonds. The van der Waals surface area contributed by atoms with Gasteiger partial charge in [-0.1, -0.05) is 41.5 Å². The van der Waals surface area contributed by atoms with Crippen molar-refractivity contribution >= 4 is 0 Å². The summed E-state index contributed by atoms with van der Waals surface area (Å²) < 4.78 is 24.0. The van der Waals surface area contributed by atoms with Gasteiger partial charge >= 0.3 is 0 Å². The minimum Gasteiger partial charge on any atom is -0.355 e. The lowest BCUT2D eigenvalue weighted by Crippen LogP contribution is -2.36. The van der Waals surface area contributed by atoms with Crippen LogP contribution in [-0.2, 0) is 18.9 Å². The third kappa shape index (κ3) is 5.21. The van der Waals surface area contributed by atoms with Gasteiger partial charge in [-0.25, -0.2) is 0 Å². The van der Waals surface area contributed by atoms with Crippen LogP contribution >= 0.6 is 0 Å².